The number of nitrogens with zero attached hydrogens (tertiary/aromatic N) is 2. The summed E-state index contributed by atoms with van der Waals surface area (Å²) in [4.78, 5) is 20.4. The minimum Gasteiger partial charge on any atom is -0.376 e. The normalized spacial score (nSPS) is 16.6. The Bertz CT molecular complexity index is 968. The maximum atomic E-state index is 13.1. The largest absolute Gasteiger partial charge is 0.376 e. The molecule has 3 aromatic rings. The van der Waals surface area contributed by atoms with Crippen molar-refractivity contribution in [2.75, 3.05) is 23.8 Å². The average Bonchev–Trinajstić information content (AvgIpc) is 3.34. The molecule has 7 heteroatoms. The van der Waals surface area contributed by atoms with Crippen molar-refractivity contribution in [1.29, 1.82) is 0 Å². The Hall–Kier alpha value is -1.96. The first kappa shape index (κ1) is 19.4. The van der Waals surface area contributed by atoms with Gasteiger partial charge in [0.2, 0.25) is 5.91 Å². The van der Waals surface area contributed by atoms with Gasteiger partial charge in [-0.2, -0.15) is 0 Å². The number of anilines is 1. The topological polar surface area (TPSA) is 42.4 Å². The van der Waals surface area contributed by atoms with E-state index in [2.05, 4.69) is 6.07 Å². The van der Waals surface area contributed by atoms with Crippen molar-refractivity contribution in [3.8, 4) is 0 Å². The molecule has 0 aliphatic carbocycles. The van der Waals surface area contributed by atoms with Crippen LogP contribution in [0.3, 0.4) is 0 Å². The lowest BCUT2D eigenvalue weighted by atomic mass is 10.2. The molecule has 4 rings (SSSR count). The number of hydrogen-bond donors (Lipinski definition) is 0. The van der Waals surface area contributed by atoms with E-state index in [9.17, 15) is 9.18 Å². The highest BCUT2D eigenvalue weighted by Crippen LogP contribution is 2.31. The first-order valence-corrected chi connectivity index (χ1v) is 11.1. The maximum absolute atomic E-state index is 13.1. The lowest BCUT2D eigenvalue weighted by molar-refractivity contribution is -0.116. The number of carbonyl (C=O) groups is 1. The number of halogens is 1. The van der Waals surface area contributed by atoms with Crippen LogP contribution in [-0.2, 0) is 9.53 Å². The monoisotopic (exact) mass is 416 g/mol. The minimum absolute atomic E-state index is 0.0133. The van der Waals surface area contributed by atoms with Gasteiger partial charge in [-0.25, -0.2) is 9.37 Å². The van der Waals surface area contributed by atoms with Crippen LogP contribution in [-0.4, -0.2) is 35.9 Å². The number of thioether (sulfide) groups is 1. The standard InChI is InChI=1S/C21H21FN2O2S2/c1-14-4-9-18-19(11-14)28-21(23-18)24(12-16-3-2-10-26-16)20(25)13-27-17-7-5-15(22)6-8-17/h4-9,11,16H,2-3,10,12-13H2,1H3. The van der Waals surface area contributed by atoms with Crippen LogP contribution >= 0.6 is 23.1 Å². The summed E-state index contributed by atoms with van der Waals surface area (Å²) in [5, 5.41) is 0.709. The molecule has 2 heterocycles. The van der Waals surface area contributed by atoms with Crippen LogP contribution < -0.4 is 4.90 Å². The molecule has 1 atom stereocenters. The second kappa shape index (κ2) is 8.59. The fourth-order valence-electron chi connectivity index (χ4n) is 3.17. The third-order valence-corrected chi connectivity index (χ3v) is 6.69. The van der Waals surface area contributed by atoms with E-state index in [1.54, 1.807) is 17.0 Å². The van der Waals surface area contributed by atoms with Crippen molar-refractivity contribution in [2.45, 2.75) is 30.8 Å². The quantitative estimate of drug-likeness (QED) is 0.528. The van der Waals surface area contributed by atoms with E-state index < -0.39 is 0 Å². The van der Waals surface area contributed by atoms with Gasteiger partial charge in [0.15, 0.2) is 5.13 Å². The third kappa shape index (κ3) is 4.54. The lowest BCUT2D eigenvalue weighted by Crippen LogP contribution is -2.38. The molecule has 146 valence electrons. The zero-order valence-electron chi connectivity index (χ0n) is 15.6. The molecule has 28 heavy (non-hydrogen) atoms. The van der Waals surface area contributed by atoms with Crippen LogP contribution in [0.25, 0.3) is 10.2 Å². The molecule has 0 radical (unpaired) electrons. The fourth-order valence-corrected chi connectivity index (χ4v) is 5.03. The fraction of sp³-hybridized carbons (Fsp3) is 0.333. The molecule has 1 aliphatic heterocycles. The van der Waals surface area contributed by atoms with Crippen molar-refractivity contribution in [1.82, 2.24) is 4.98 Å². The highest BCUT2D eigenvalue weighted by atomic mass is 32.2. The van der Waals surface area contributed by atoms with E-state index in [0.717, 1.165) is 34.6 Å². The molecule has 1 aromatic heterocycles. The highest BCUT2D eigenvalue weighted by Gasteiger charge is 2.26. The van der Waals surface area contributed by atoms with Gasteiger partial charge in [0.1, 0.15) is 5.82 Å². The van der Waals surface area contributed by atoms with Crippen molar-refractivity contribution >= 4 is 44.4 Å². The molecule has 0 N–H and O–H groups in total. The summed E-state index contributed by atoms with van der Waals surface area (Å²) in [6.45, 7) is 3.31. The maximum Gasteiger partial charge on any atom is 0.239 e. The second-order valence-corrected chi connectivity index (χ2v) is 8.91. The van der Waals surface area contributed by atoms with Crippen LogP contribution in [0.5, 0.6) is 0 Å². The summed E-state index contributed by atoms with van der Waals surface area (Å²) in [7, 11) is 0. The zero-order valence-corrected chi connectivity index (χ0v) is 17.2. The highest BCUT2D eigenvalue weighted by molar-refractivity contribution is 8.00. The molecule has 4 nitrogen and oxygen atoms in total. The molecular weight excluding hydrogens is 395 g/mol. The molecule has 1 amide bonds. The van der Waals surface area contributed by atoms with Gasteiger partial charge in [-0.3, -0.25) is 9.69 Å². The van der Waals surface area contributed by atoms with Gasteiger partial charge in [-0.1, -0.05) is 17.4 Å². The summed E-state index contributed by atoms with van der Waals surface area (Å²) in [5.74, 6) is -0.0196. The Kier molecular flexibility index (Phi) is 5.94. The number of ether oxygens (including phenoxy) is 1. The average molecular weight is 417 g/mol. The Balaban J connectivity index is 1.54. The Labute approximate surface area is 171 Å². The van der Waals surface area contributed by atoms with Crippen LogP contribution in [0.4, 0.5) is 9.52 Å². The van der Waals surface area contributed by atoms with E-state index in [-0.39, 0.29) is 23.6 Å². The van der Waals surface area contributed by atoms with Gasteiger partial charge >= 0.3 is 0 Å². The number of aromatic nitrogens is 1. The molecule has 2 aromatic carbocycles. The van der Waals surface area contributed by atoms with E-state index in [1.807, 2.05) is 19.1 Å². The Morgan fingerprint density at radius 2 is 2.14 bits per heavy atom. The van der Waals surface area contributed by atoms with Gasteiger partial charge in [0, 0.05) is 11.5 Å². The van der Waals surface area contributed by atoms with Crippen LogP contribution in [0.15, 0.2) is 47.4 Å². The number of amides is 1. The van der Waals surface area contributed by atoms with E-state index in [4.69, 9.17) is 9.72 Å². The first-order chi connectivity index (χ1) is 13.6. The summed E-state index contributed by atoms with van der Waals surface area (Å²) in [6.07, 6.45) is 2.03. The summed E-state index contributed by atoms with van der Waals surface area (Å²) >= 11 is 2.94. The van der Waals surface area contributed by atoms with Crippen molar-refractivity contribution < 1.29 is 13.9 Å². The van der Waals surface area contributed by atoms with Crippen molar-refractivity contribution in [3.63, 3.8) is 0 Å². The predicted octanol–water partition coefficient (Wildman–Crippen LogP) is 5.05. The lowest BCUT2D eigenvalue weighted by Gasteiger charge is -2.23. The molecule has 1 saturated heterocycles. The van der Waals surface area contributed by atoms with Crippen LogP contribution in [0.2, 0.25) is 0 Å². The van der Waals surface area contributed by atoms with Gasteiger partial charge in [0.05, 0.1) is 28.6 Å². The smallest absolute Gasteiger partial charge is 0.239 e. The SMILES string of the molecule is Cc1ccc2nc(N(CC3CCCO3)C(=O)CSc3ccc(F)cc3)sc2c1. The molecule has 1 aliphatic rings. The molecule has 0 saturated carbocycles. The number of benzene rings is 2. The number of thiazole rings is 1. The molecule has 0 bridgehead atoms. The number of aryl methyl sites for hydroxylation is 1. The molecule has 1 unspecified atom stereocenters. The van der Waals surface area contributed by atoms with Gasteiger partial charge in [-0.05, 0) is 61.7 Å². The van der Waals surface area contributed by atoms with Crippen molar-refractivity contribution in [2.24, 2.45) is 0 Å². The Morgan fingerprint density at radius 3 is 2.89 bits per heavy atom. The van der Waals surface area contributed by atoms with E-state index in [0.29, 0.717) is 11.7 Å². The van der Waals surface area contributed by atoms with E-state index in [1.165, 1.54) is 40.8 Å². The second-order valence-electron chi connectivity index (χ2n) is 6.85. The molecule has 0 spiro atoms. The van der Waals surface area contributed by atoms with Gasteiger partial charge in [0.25, 0.3) is 0 Å². The van der Waals surface area contributed by atoms with Crippen LogP contribution in [0, 0.1) is 12.7 Å². The van der Waals surface area contributed by atoms with Crippen molar-refractivity contribution in [3.05, 3.63) is 53.8 Å². The number of hydrogen-bond acceptors (Lipinski definition) is 5. The third-order valence-electron chi connectivity index (χ3n) is 4.65. The van der Waals surface area contributed by atoms with E-state index >= 15 is 0 Å². The number of carbonyl (C=O) groups excluding carboxylic acids is 1. The van der Waals surface area contributed by atoms with Gasteiger partial charge < -0.3 is 4.74 Å². The molecular formula is C21H21FN2O2S2. The van der Waals surface area contributed by atoms with Gasteiger partial charge in [-0.15, -0.1) is 11.8 Å². The number of fused-ring (bicyclic) bond motifs is 1. The zero-order chi connectivity index (χ0) is 19.5. The summed E-state index contributed by atoms with van der Waals surface area (Å²) < 4.78 is 19.9. The van der Waals surface area contributed by atoms with Crippen LogP contribution in [0.1, 0.15) is 18.4 Å². The summed E-state index contributed by atoms with van der Waals surface area (Å²) in [5.41, 5.74) is 2.08. The first-order valence-electron chi connectivity index (χ1n) is 9.26. The Morgan fingerprint density at radius 1 is 1.32 bits per heavy atom. The minimum atomic E-state index is -0.277. The summed E-state index contributed by atoms with van der Waals surface area (Å²) in [6, 6.07) is 12.3. The molecule has 1 fully saturated rings. The number of rotatable bonds is 6. The predicted molar refractivity (Wildman–Crippen MR) is 113 cm³/mol.